The van der Waals surface area contributed by atoms with E-state index in [9.17, 15) is 0 Å². The van der Waals surface area contributed by atoms with Gasteiger partial charge in [0.2, 0.25) is 0 Å². The van der Waals surface area contributed by atoms with E-state index in [0.29, 0.717) is 6.54 Å². The molecule has 106 valence electrons. The highest BCUT2D eigenvalue weighted by atomic mass is 16.5. The summed E-state index contributed by atoms with van der Waals surface area (Å²) >= 11 is 0. The van der Waals surface area contributed by atoms with Gasteiger partial charge >= 0.3 is 0 Å². The molecule has 2 rings (SSSR count). The van der Waals surface area contributed by atoms with Crippen molar-refractivity contribution in [3.63, 3.8) is 0 Å². The van der Waals surface area contributed by atoms with Crippen molar-refractivity contribution in [1.82, 2.24) is 4.90 Å². The van der Waals surface area contributed by atoms with E-state index in [4.69, 9.17) is 10.5 Å². The van der Waals surface area contributed by atoms with Gasteiger partial charge in [-0.05, 0) is 49.4 Å². The number of nitrogens with zero attached hydrogens (tertiary/aromatic N) is 1. The molecule has 1 aliphatic rings. The van der Waals surface area contributed by atoms with Crippen molar-refractivity contribution in [2.75, 3.05) is 26.2 Å². The average Bonchev–Trinajstić information content (AvgIpc) is 3.23. The number of rotatable bonds is 9. The fourth-order valence-corrected chi connectivity index (χ4v) is 2.33. The molecular weight excluding hydrogens is 236 g/mol. The lowest BCUT2D eigenvalue weighted by Gasteiger charge is -2.21. The molecule has 2 N–H and O–H groups in total. The molecule has 0 atom stereocenters. The number of benzene rings is 1. The van der Waals surface area contributed by atoms with Crippen LogP contribution < -0.4 is 10.5 Å². The maximum Gasteiger partial charge on any atom is 0.119 e. The third-order valence-electron chi connectivity index (χ3n) is 3.56. The van der Waals surface area contributed by atoms with Crippen molar-refractivity contribution in [1.29, 1.82) is 0 Å². The van der Waals surface area contributed by atoms with Gasteiger partial charge in [0.05, 0.1) is 0 Å². The van der Waals surface area contributed by atoms with E-state index in [0.717, 1.165) is 30.4 Å². The first kappa shape index (κ1) is 14.4. The van der Waals surface area contributed by atoms with Gasteiger partial charge in [-0.15, -0.1) is 0 Å². The molecule has 0 heterocycles. The molecule has 0 aliphatic heterocycles. The van der Waals surface area contributed by atoms with E-state index in [1.165, 1.54) is 32.4 Å². The molecule has 1 fully saturated rings. The highest BCUT2D eigenvalue weighted by Crippen LogP contribution is 2.29. The van der Waals surface area contributed by atoms with Crippen LogP contribution >= 0.6 is 0 Å². The second kappa shape index (κ2) is 7.51. The lowest BCUT2D eigenvalue weighted by molar-refractivity contribution is 0.203. The number of hydrogen-bond acceptors (Lipinski definition) is 3. The standard InChI is InChI=1S/C16H26N2O/c1-2-8-18(13-14-6-7-14)9-10-19-16-5-3-4-15(11-16)12-17/h3-5,11,14H,2,6-10,12-13,17H2,1H3. The van der Waals surface area contributed by atoms with Crippen LogP contribution in [-0.2, 0) is 6.54 Å². The van der Waals surface area contributed by atoms with Crippen molar-refractivity contribution >= 4 is 0 Å². The highest BCUT2D eigenvalue weighted by Gasteiger charge is 2.23. The van der Waals surface area contributed by atoms with Gasteiger partial charge in [0.1, 0.15) is 12.4 Å². The van der Waals surface area contributed by atoms with Gasteiger partial charge < -0.3 is 10.5 Å². The summed E-state index contributed by atoms with van der Waals surface area (Å²) in [7, 11) is 0. The molecule has 0 amide bonds. The first-order valence-corrected chi connectivity index (χ1v) is 7.46. The molecule has 0 spiro atoms. The van der Waals surface area contributed by atoms with Crippen LogP contribution in [0.15, 0.2) is 24.3 Å². The van der Waals surface area contributed by atoms with Gasteiger partial charge in [-0.1, -0.05) is 19.1 Å². The Balaban J connectivity index is 1.73. The molecule has 1 aromatic rings. The van der Waals surface area contributed by atoms with Gasteiger partial charge in [0.25, 0.3) is 0 Å². The number of hydrogen-bond donors (Lipinski definition) is 1. The molecule has 0 unspecified atom stereocenters. The monoisotopic (exact) mass is 262 g/mol. The lowest BCUT2D eigenvalue weighted by Crippen LogP contribution is -2.31. The first-order valence-electron chi connectivity index (χ1n) is 7.46. The summed E-state index contributed by atoms with van der Waals surface area (Å²) in [5, 5.41) is 0. The Bertz CT molecular complexity index is 377. The second-order valence-corrected chi connectivity index (χ2v) is 5.44. The van der Waals surface area contributed by atoms with Crippen molar-refractivity contribution < 1.29 is 4.74 Å². The quantitative estimate of drug-likeness (QED) is 0.743. The Kier molecular flexibility index (Phi) is 5.67. The average molecular weight is 262 g/mol. The van der Waals surface area contributed by atoms with Crippen LogP contribution in [0.1, 0.15) is 31.7 Å². The molecule has 0 radical (unpaired) electrons. The molecule has 3 heteroatoms. The van der Waals surface area contributed by atoms with E-state index < -0.39 is 0 Å². The van der Waals surface area contributed by atoms with Crippen LogP contribution in [0, 0.1) is 5.92 Å². The molecule has 0 saturated heterocycles. The topological polar surface area (TPSA) is 38.5 Å². The third kappa shape index (κ3) is 5.21. The maximum atomic E-state index is 5.83. The zero-order valence-electron chi connectivity index (χ0n) is 12.0. The third-order valence-corrected chi connectivity index (χ3v) is 3.56. The minimum absolute atomic E-state index is 0.570. The van der Waals surface area contributed by atoms with Crippen molar-refractivity contribution in [2.24, 2.45) is 11.7 Å². The maximum absolute atomic E-state index is 5.83. The molecule has 1 aliphatic carbocycles. The fraction of sp³-hybridized carbons (Fsp3) is 0.625. The predicted octanol–water partition coefficient (Wildman–Crippen LogP) is 2.65. The summed E-state index contributed by atoms with van der Waals surface area (Å²) in [6, 6.07) is 8.07. The Labute approximate surface area is 116 Å². The number of nitrogens with two attached hydrogens (primary N) is 1. The van der Waals surface area contributed by atoms with Crippen LogP contribution in [0.2, 0.25) is 0 Å². The SMILES string of the molecule is CCCN(CCOc1cccc(CN)c1)CC1CC1. The van der Waals surface area contributed by atoms with Crippen LogP contribution in [0.5, 0.6) is 5.75 Å². The van der Waals surface area contributed by atoms with Crippen LogP contribution in [-0.4, -0.2) is 31.1 Å². The fourth-order valence-electron chi connectivity index (χ4n) is 2.33. The highest BCUT2D eigenvalue weighted by molar-refractivity contribution is 5.28. The molecule has 3 nitrogen and oxygen atoms in total. The Hall–Kier alpha value is -1.06. The second-order valence-electron chi connectivity index (χ2n) is 5.44. The van der Waals surface area contributed by atoms with Crippen LogP contribution in [0.25, 0.3) is 0 Å². The van der Waals surface area contributed by atoms with Crippen molar-refractivity contribution in [2.45, 2.75) is 32.7 Å². The molecule has 1 aromatic carbocycles. The summed E-state index contributed by atoms with van der Waals surface area (Å²) in [6.45, 7) is 7.03. The normalized spacial score (nSPS) is 14.9. The lowest BCUT2D eigenvalue weighted by atomic mass is 10.2. The van der Waals surface area contributed by atoms with Crippen LogP contribution in [0.3, 0.4) is 0 Å². The zero-order valence-corrected chi connectivity index (χ0v) is 12.0. The van der Waals surface area contributed by atoms with E-state index in [-0.39, 0.29) is 0 Å². The molecule has 1 saturated carbocycles. The van der Waals surface area contributed by atoms with E-state index in [1.807, 2.05) is 24.3 Å². The minimum Gasteiger partial charge on any atom is -0.492 e. The largest absolute Gasteiger partial charge is 0.492 e. The van der Waals surface area contributed by atoms with Gasteiger partial charge in [0.15, 0.2) is 0 Å². The molecule has 19 heavy (non-hydrogen) atoms. The first-order chi connectivity index (χ1) is 9.31. The van der Waals surface area contributed by atoms with Gasteiger partial charge in [-0.3, -0.25) is 4.90 Å². The van der Waals surface area contributed by atoms with Gasteiger partial charge in [0, 0.05) is 19.6 Å². The van der Waals surface area contributed by atoms with Crippen molar-refractivity contribution in [3.05, 3.63) is 29.8 Å². The van der Waals surface area contributed by atoms with Crippen LogP contribution in [0.4, 0.5) is 0 Å². The Morgan fingerprint density at radius 3 is 2.84 bits per heavy atom. The Morgan fingerprint density at radius 2 is 2.16 bits per heavy atom. The predicted molar refractivity (Wildman–Crippen MR) is 79.3 cm³/mol. The smallest absolute Gasteiger partial charge is 0.119 e. The minimum atomic E-state index is 0.570. The summed E-state index contributed by atoms with van der Waals surface area (Å²) in [4.78, 5) is 2.53. The Morgan fingerprint density at radius 1 is 1.32 bits per heavy atom. The molecule has 0 bridgehead atoms. The van der Waals surface area contributed by atoms with E-state index in [1.54, 1.807) is 0 Å². The summed E-state index contributed by atoms with van der Waals surface area (Å²) in [6.07, 6.45) is 4.05. The van der Waals surface area contributed by atoms with E-state index >= 15 is 0 Å². The van der Waals surface area contributed by atoms with Gasteiger partial charge in [-0.25, -0.2) is 0 Å². The van der Waals surface area contributed by atoms with Gasteiger partial charge in [-0.2, -0.15) is 0 Å². The zero-order chi connectivity index (χ0) is 13.5. The molecule has 0 aromatic heterocycles. The van der Waals surface area contributed by atoms with Crippen molar-refractivity contribution in [3.8, 4) is 5.75 Å². The molecular formula is C16H26N2O. The summed E-state index contributed by atoms with van der Waals surface area (Å²) in [5.74, 6) is 1.89. The number of ether oxygens (including phenoxy) is 1. The summed E-state index contributed by atoms with van der Waals surface area (Å²) < 4.78 is 5.83. The summed E-state index contributed by atoms with van der Waals surface area (Å²) in [5.41, 5.74) is 6.76. The van der Waals surface area contributed by atoms with E-state index in [2.05, 4.69) is 11.8 Å².